The fourth-order valence-corrected chi connectivity index (χ4v) is 6.09. The first-order valence-corrected chi connectivity index (χ1v) is 16.6. The smallest absolute Gasteiger partial charge is 0.407 e. The van der Waals surface area contributed by atoms with Crippen molar-refractivity contribution in [1.82, 2.24) is 19.7 Å². The molecule has 0 spiro atoms. The summed E-state index contributed by atoms with van der Waals surface area (Å²) in [6.07, 6.45) is 2.72. The van der Waals surface area contributed by atoms with E-state index in [0.29, 0.717) is 60.2 Å². The Morgan fingerprint density at radius 2 is 1.75 bits per heavy atom. The number of hydrogen-bond acceptors (Lipinski definition) is 6. The topological polar surface area (TPSA) is 121 Å². The Morgan fingerprint density at radius 3 is 2.38 bits per heavy atom. The van der Waals surface area contributed by atoms with Crippen molar-refractivity contribution in [2.24, 2.45) is 10.8 Å². The molecule has 2 heterocycles. The molecule has 48 heavy (non-hydrogen) atoms. The van der Waals surface area contributed by atoms with Crippen LogP contribution in [-0.2, 0) is 22.6 Å². The summed E-state index contributed by atoms with van der Waals surface area (Å²) in [5.41, 5.74) is 1.32. The van der Waals surface area contributed by atoms with Crippen LogP contribution in [0.1, 0.15) is 75.9 Å². The summed E-state index contributed by atoms with van der Waals surface area (Å²) in [7, 11) is 0. The van der Waals surface area contributed by atoms with Gasteiger partial charge in [-0.1, -0.05) is 19.9 Å². The van der Waals surface area contributed by atoms with Crippen LogP contribution >= 0.6 is 0 Å². The number of benzene rings is 2. The molecule has 1 atom stereocenters. The number of nitrogens with one attached hydrogen (secondary N) is 1. The van der Waals surface area contributed by atoms with Crippen molar-refractivity contribution in [2.75, 3.05) is 26.2 Å². The fourth-order valence-electron chi connectivity index (χ4n) is 6.09. The summed E-state index contributed by atoms with van der Waals surface area (Å²) in [6.45, 7) is 15.0. The molecular formula is C37H47FN4O6. The minimum atomic E-state index is -0.949. The Bertz CT molecular complexity index is 1810. The lowest BCUT2D eigenvalue weighted by Gasteiger charge is -2.38. The zero-order valence-electron chi connectivity index (χ0n) is 29.0. The number of ether oxygens (including phenoxy) is 1. The largest absolute Gasteiger partial charge is 0.465 e. The first-order chi connectivity index (χ1) is 22.4. The van der Waals surface area contributed by atoms with Crippen LogP contribution in [-0.4, -0.2) is 75.8 Å². The first-order valence-electron chi connectivity index (χ1n) is 16.6. The van der Waals surface area contributed by atoms with Crippen molar-refractivity contribution in [3.63, 3.8) is 0 Å². The number of pyridine rings is 1. The summed E-state index contributed by atoms with van der Waals surface area (Å²) < 4.78 is 22.5. The van der Waals surface area contributed by atoms with E-state index >= 15 is 4.39 Å². The van der Waals surface area contributed by atoms with Crippen molar-refractivity contribution < 1.29 is 28.6 Å². The van der Waals surface area contributed by atoms with Crippen LogP contribution in [0.3, 0.4) is 0 Å². The predicted molar refractivity (Wildman–Crippen MR) is 182 cm³/mol. The zero-order valence-corrected chi connectivity index (χ0v) is 29.0. The fraction of sp³-hybridized carbons (Fsp3) is 0.514. The number of carbonyl (C=O) groups excluding carboxylic acids is 2. The third-order valence-corrected chi connectivity index (χ3v) is 9.21. The van der Waals surface area contributed by atoms with Crippen molar-refractivity contribution >= 4 is 28.7 Å². The van der Waals surface area contributed by atoms with Crippen molar-refractivity contribution in [1.29, 1.82) is 0 Å². The molecule has 0 bridgehead atoms. The third kappa shape index (κ3) is 7.89. The molecule has 1 aliphatic carbocycles. The molecule has 10 nitrogen and oxygen atoms in total. The molecule has 2 aliphatic rings. The second-order valence-electron chi connectivity index (χ2n) is 15.3. The highest BCUT2D eigenvalue weighted by molar-refractivity contribution is 5.97. The van der Waals surface area contributed by atoms with E-state index in [1.165, 1.54) is 11.0 Å². The van der Waals surface area contributed by atoms with E-state index in [4.69, 9.17) is 4.74 Å². The normalized spacial score (nSPS) is 17.4. The number of fused-ring (bicyclic) bond motifs is 1. The predicted octanol–water partition coefficient (Wildman–Crippen LogP) is 5.81. The van der Waals surface area contributed by atoms with Crippen LogP contribution in [0.25, 0.3) is 21.9 Å². The maximum absolute atomic E-state index is 15.2. The molecule has 1 unspecified atom stereocenters. The van der Waals surface area contributed by atoms with Gasteiger partial charge < -0.3 is 24.6 Å². The van der Waals surface area contributed by atoms with Gasteiger partial charge >= 0.3 is 12.1 Å². The van der Waals surface area contributed by atoms with Gasteiger partial charge in [-0.3, -0.25) is 19.3 Å². The van der Waals surface area contributed by atoms with Gasteiger partial charge in [0.2, 0.25) is 0 Å². The lowest BCUT2D eigenvalue weighted by molar-refractivity contribution is -0.156. The van der Waals surface area contributed by atoms with E-state index in [0.717, 1.165) is 18.4 Å². The van der Waals surface area contributed by atoms with E-state index in [-0.39, 0.29) is 41.7 Å². The lowest BCUT2D eigenvalue weighted by atomic mass is 9.92. The van der Waals surface area contributed by atoms with Gasteiger partial charge in [-0.05, 0) is 99.4 Å². The molecule has 1 saturated carbocycles. The number of piperazine rings is 1. The van der Waals surface area contributed by atoms with Gasteiger partial charge in [0.1, 0.15) is 5.82 Å². The van der Waals surface area contributed by atoms with E-state index in [1.807, 2.05) is 33.0 Å². The summed E-state index contributed by atoms with van der Waals surface area (Å²) in [4.78, 5) is 54.6. The van der Waals surface area contributed by atoms with Gasteiger partial charge in [0.15, 0.2) is 0 Å². The molecule has 0 radical (unpaired) electrons. The molecular weight excluding hydrogens is 615 g/mol. The van der Waals surface area contributed by atoms with Gasteiger partial charge in [-0.15, -0.1) is 0 Å². The Balaban J connectivity index is 1.55. The van der Waals surface area contributed by atoms with Crippen molar-refractivity contribution in [3.8, 4) is 11.1 Å². The number of carboxylic acid groups (broad SMARTS) is 1. The molecule has 2 amide bonds. The molecule has 2 aromatic carbocycles. The van der Waals surface area contributed by atoms with Crippen LogP contribution < -0.4 is 10.9 Å². The standard InChI is InChI=1S/C37H47FN4O6/c1-22-17-41(35(46)47)13-12-40(22)18-26-19-42(20-37(6,7)21-48-34(45)36(3,4)5)33(44)28-11-8-24(14-30(26)28)29-15-25(16-31(38)23(29)2)32(43)39-27-9-10-27/h8,11,14-16,19,22,27H,9-10,12-13,17-18,20-21H2,1-7H3,(H,39,43)(H,46,47). The minimum Gasteiger partial charge on any atom is -0.465 e. The quantitative estimate of drug-likeness (QED) is 0.278. The van der Waals surface area contributed by atoms with Crippen LogP contribution in [0.4, 0.5) is 9.18 Å². The second kappa shape index (κ2) is 13.3. The Labute approximate surface area is 280 Å². The zero-order chi connectivity index (χ0) is 35.1. The number of rotatable bonds is 9. The molecule has 1 aliphatic heterocycles. The highest BCUT2D eigenvalue weighted by Gasteiger charge is 2.30. The number of hydrogen-bond donors (Lipinski definition) is 2. The Morgan fingerprint density at radius 1 is 1.04 bits per heavy atom. The summed E-state index contributed by atoms with van der Waals surface area (Å²) in [6, 6.07) is 8.44. The average Bonchev–Trinajstić information content (AvgIpc) is 3.83. The van der Waals surface area contributed by atoms with E-state index in [9.17, 15) is 24.3 Å². The maximum atomic E-state index is 15.2. The number of nitrogens with zero attached hydrogens (tertiary/aromatic N) is 3. The van der Waals surface area contributed by atoms with Gasteiger partial charge in [0.05, 0.1) is 12.0 Å². The van der Waals surface area contributed by atoms with Crippen LogP contribution in [0.2, 0.25) is 0 Å². The number of aromatic nitrogens is 1. The highest BCUT2D eigenvalue weighted by Crippen LogP contribution is 2.32. The summed E-state index contributed by atoms with van der Waals surface area (Å²) in [5, 5.41) is 13.6. The molecule has 1 saturated heterocycles. The third-order valence-electron chi connectivity index (χ3n) is 9.21. The van der Waals surface area contributed by atoms with E-state index in [2.05, 4.69) is 10.2 Å². The number of esters is 1. The first kappa shape index (κ1) is 35.1. The molecule has 5 rings (SSSR count). The molecule has 258 valence electrons. The van der Waals surface area contributed by atoms with Crippen LogP contribution in [0, 0.1) is 23.6 Å². The molecule has 2 N–H and O–H groups in total. The van der Waals surface area contributed by atoms with Crippen LogP contribution in [0.15, 0.2) is 41.3 Å². The van der Waals surface area contributed by atoms with Gasteiger partial charge in [-0.25, -0.2) is 9.18 Å². The number of carbonyl (C=O) groups is 3. The second-order valence-corrected chi connectivity index (χ2v) is 15.3. The minimum absolute atomic E-state index is 0.0697. The summed E-state index contributed by atoms with van der Waals surface area (Å²) in [5.74, 6) is -1.11. The van der Waals surface area contributed by atoms with Crippen LogP contribution in [0.5, 0.6) is 0 Å². The van der Waals surface area contributed by atoms with Gasteiger partial charge in [-0.2, -0.15) is 0 Å². The van der Waals surface area contributed by atoms with Gasteiger partial charge in [0, 0.05) is 67.4 Å². The average molecular weight is 663 g/mol. The number of amides is 2. The Kier molecular flexibility index (Phi) is 9.74. The molecule has 1 aromatic heterocycles. The highest BCUT2D eigenvalue weighted by atomic mass is 19.1. The van der Waals surface area contributed by atoms with Crippen molar-refractivity contribution in [3.05, 3.63) is 69.4 Å². The Hall–Kier alpha value is -4.25. The van der Waals surface area contributed by atoms with Crippen molar-refractivity contribution in [2.45, 2.75) is 86.5 Å². The molecule has 11 heteroatoms. The number of halogens is 1. The summed E-state index contributed by atoms with van der Waals surface area (Å²) >= 11 is 0. The lowest BCUT2D eigenvalue weighted by Crippen LogP contribution is -2.52. The van der Waals surface area contributed by atoms with E-state index in [1.54, 1.807) is 50.5 Å². The molecule has 2 fully saturated rings. The SMILES string of the molecule is Cc1c(F)cc(C(=O)NC2CC2)cc1-c1ccc2c(=O)n(CC(C)(C)COC(=O)C(C)(C)C)cc(CN3CCN(C(=O)O)CC3C)c2c1. The molecule has 3 aromatic rings. The maximum Gasteiger partial charge on any atom is 0.407 e. The monoisotopic (exact) mass is 662 g/mol. The van der Waals surface area contributed by atoms with Gasteiger partial charge in [0.25, 0.3) is 11.5 Å². The van der Waals surface area contributed by atoms with E-state index < -0.39 is 22.7 Å².